The van der Waals surface area contributed by atoms with Crippen LogP contribution in [-0.2, 0) is 4.79 Å². The van der Waals surface area contributed by atoms with Crippen molar-refractivity contribution in [3.8, 4) is 0 Å². The molecule has 1 aromatic carbocycles. The quantitative estimate of drug-likeness (QED) is 0.740. The molecule has 2 bridgehead atoms. The van der Waals surface area contributed by atoms with Gasteiger partial charge in [-0.15, -0.1) is 0 Å². The van der Waals surface area contributed by atoms with Gasteiger partial charge in [0, 0.05) is 42.7 Å². The van der Waals surface area contributed by atoms with Crippen LogP contribution in [0.25, 0.3) is 0 Å². The molecule has 2 heterocycles. The number of hydrogen-bond donors (Lipinski definition) is 3. The van der Waals surface area contributed by atoms with E-state index in [9.17, 15) is 14.7 Å². The summed E-state index contributed by atoms with van der Waals surface area (Å²) in [5, 5.41) is 22.6. The van der Waals surface area contributed by atoms with Gasteiger partial charge in [-0.25, -0.2) is 0 Å². The zero-order valence-electron chi connectivity index (χ0n) is 15.5. The average Bonchev–Trinajstić information content (AvgIpc) is 2.55. The van der Waals surface area contributed by atoms with Gasteiger partial charge in [-0.2, -0.15) is 0 Å². The molecule has 3 rings (SSSR count). The molecule has 142 valence electrons. The molecule has 0 saturated carbocycles. The first kappa shape index (κ1) is 18.7. The van der Waals surface area contributed by atoms with Crippen LogP contribution in [0.5, 0.6) is 0 Å². The number of likely N-dealkylation sites (tertiary alicyclic amines) is 2. The Bertz CT molecular complexity index is 702. The molecule has 2 saturated heterocycles. The Hall–Kier alpha value is -2.12. The molecule has 3 N–H and O–H groups in total. The van der Waals surface area contributed by atoms with E-state index < -0.39 is 12.1 Å². The van der Waals surface area contributed by atoms with Gasteiger partial charge >= 0.3 is 5.97 Å². The van der Waals surface area contributed by atoms with Crippen molar-refractivity contribution in [2.24, 2.45) is 10.8 Å². The summed E-state index contributed by atoms with van der Waals surface area (Å²) in [6, 6.07) is 6.97. The predicted octanol–water partition coefficient (Wildman–Crippen LogP) is 0.958. The molecule has 2 aliphatic heterocycles. The van der Waals surface area contributed by atoms with Crippen molar-refractivity contribution in [3.63, 3.8) is 0 Å². The normalized spacial score (nSPS) is 31.5. The minimum Gasteiger partial charge on any atom is -0.480 e. The maximum absolute atomic E-state index is 13.2. The van der Waals surface area contributed by atoms with Gasteiger partial charge in [-0.05, 0) is 19.2 Å². The monoisotopic (exact) mass is 361 g/mol. The third-order valence-electron chi connectivity index (χ3n) is 5.56. The highest BCUT2D eigenvalue weighted by Gasteiger charge is 2.55. The number of piperidine rings is 2. The minimum absolute atomic E-state index is 0.132. The van der Waals surface area contributed by atoms with Crippen molar-refractivity contribution in [3.05, 3.63) is 29.8 Å². The minimum atomic E-state index is -0.981. The molecule has 0 aromatic heterocycles. The number of anilines is 1. The van der Waals surface area contributed by atoms with Gasteiger partial charge in [0.25, 0.3) is 5.91 Å². The Kier molecular flexibility index (Phi) is 4.71. The lowest BCUT2D eigenvalue weighted by atomic mass is 9.63. The summed E-state index contributed by atoms with van der Waals surface area (Å²) in [7, 11) is 2.05. The van der Waals surface area contributed by atoms with Crippen LogP contribution in [0.2, 0.25) is 0 Å². The molecule has 3 atom stereocenters. The molecular formula is C19H27N3O4. The third kappa shape index (κ3) is 3.29. The van der Waals surface area contributed by atoms with Gasteiger partial charge in [0.15, 0.2) is 0 Å². The Balaban J connectivity index is 1.87. The van der Waals surface area contributed by atoms with Crippen molar-refractivity contribution >= 4 is 17.6 Å². The van der Waals surface area contributed by atoms with Gasteiger partial charge in [-0.1, -0.05) is 26.0 Å². The number of carboxylic acids is 1. The zero-order valence-corrected chi connectivity index (χ0v) is 15.5. The van der Waals surface area contributed by atoms with Crippen LogP contribution >= 0.6 is 0 Å². The fourth-order valence-corrected chi connectivity index (χ4v) is 4.81. The number of aliphatic hydroxyl groups excluding tert-OH is 1. The van der Waals surface area contributed by atoms with E-state index in [0.29, 0.717) is 24.3 Å². The number of benzene rings is 1. The first-order chi connectivity index (χ1) is 12.1. The van der Waals surface area contributed by atoms with Crippen molar-refractivity contribution < 1.29 is 19.8 Å². The molecule has 26 heavy (non-hydrogen) atoms. The van der Waals surface area contributed by atoms with E-state index in [1.807, 2.05) is 20.9 Å². The number of aliphatic carboxylic acids is 1. The van der Waals surface area contributed by atoms with Crippen molar-refractivity contribution in [1.29, 1.82) is 0 Å². The number of carbonyl (C=O) groups excluding carboxylic acids is 1. The maximum Gasteiger partial charge on any atom is 0.322 e. The molecule has 7 heteroatoms. The van der Waals surface area contributed by atoms with E-state index in [-0.39, 0.29) is 23.3 Å². The number of rotatable bonds is 4. The topological polar surface area (TPSA) is 93.1 Å². The van der Waals surface area contributed by atoms with E-state index in [1.54, 1.807) is 29.2 Å². The van der Waals surface area contributed by atoms with E-state index >= 15 is 0 Å². The molecule has 7 nitrogen and oxygen atoms in total. The summed E-state index contributed by atoms with van der Waals surface area (Å²) < 4.78 is 0. The van der Waals surface area contributed by atoms with Crippen LogP contribution in [0.15, 0.2) is 24.3 Å². The fourth-order valence-electron chi connectivity index (χ4n) is 4.81. The molecule has 1 aromatic rings. The molecular weight excluding hydrogens is 334 g/mol. The summed E-state index contributed by atoms with van der Waals surface area (Å²) in [5.41, 5.74) is 0.199. The summed E-state index contributed by atoms with van der Waals surface area (Å²) in [4.78, 5) is 28.1. The first-order valence-corrected chi connectivity index (χ1v) is 8.85. The van der Waals surface area contributed by atoms with Crippen molar-refractivity contribution in [1.82, 2.24) is 9.80 Å². The van der Waals surface area contributed by atoms with Crippen LogP contribution in [0.4, 0.5) is 5.69 Å². The standard InChI is InChI=1S/C19H27N3O4/c1-18-9-21(3)10-19(2,17(18)26)12-22(11-18)16(25)13-6-4-5-7-14(13)20-8-15(23)24/h4-7,17,20,26H,8-12H2,1-3H3,(H,23,24)/t17?,18-,19+. The van der Waals surface area contributed by atoms with Crippen LogP contribution < -0.4 is 5.32 Å². The lowest BCUT2D eigenvalue weighted by Crippen LogP contribution is -2.70. The number of aliphatic hydroxyl groups is 1. The highest BCUT2D eigenvalue weighted by atomic mass is 16.4. The number of fused-ring (bicyclic) bond motifs is 2. The predicted molar refractivity (Wildman–Crippen MR) is 98.2 cm³/mol. The van der Waals surface area contributed by atoms with E-state index in [4.69, 9.17) is 5.11 Å². The average molecular weight is 361 g/mol. The van der Waals surface area contributed by atoms with Crippen molar-refractivity contribution in [2.75, 3.05) is 45.1 Å². The van der Waals surface area contributed by atoms with Crippen LogP contribution in [0, 0.1) is 10.8 Å². The fraction of sp³-hybridized carbons (Fsp3) is 0.579. The second-order valence-electron chi connectivity index (χ2n) is 8.34. The van der Waals surface area contributed by atoms with E-state index in [1.165, 1.54) is 0 Å². The van der Waals surface area contributed by atoms with E-state index in [2.05, 4.69) is 10.2 Å². The molecule has 1 amide bonds. The second-order valence-corrected chi connectivity index (χ2v) is 8.34. The summed E-state index contributed by atoms with van der Waals surface area (Å²) >= 11 is 0. The molecule has 0 aliphatic carbocycles. The zero-order chi connectivity index (χ0) is 19.1. The number of carbonyl (C=O) groups is 2. The summed E-state index contributed by atoms with van der Waals surface area (Å²) in [5.74, 6) is -1.11. The number of para-hydroxylation sites is 1. The van der Waals surface area contributed by atoms with Crippen LogP contribution in [0.3, 0.4) is 0 Å². The molecule has 2 fully saturated rings. The smallest absolute Gasteiger partial charge is 0.322 e. The van der Waals surface area contributed by atoms with Crippen LogP contribution in [0.1, 0.15) is 24.2 Å². The number of carboxylic acid groups (broad SMARTS) is 1. The van der Waals surface area contributed by atoms with Crippen molar-refractivity contribution in [2.45, 2.75) is 20.0 Å². The lowest BCUT2D eigenvalue weighted by molar-refractivity contribution is -0.161. The molecule has 0 radical (unpaired) electrons. The SMILES string of the molecule is CN1C[C@@]2(C)CN(C(=O)c3ccccc3NCC(=O)O)C[C@@](C)(C1)C2O. The molecule has 1 unspecified atom stereocenters. The number of amides is 1. The maximum atomic E-state index is 13.2. The molecule has 0 spiro atoms. The number of hydrogen-bond acceptors (Lipinski definition) is 5. The molecule has 2 aliphatic rings. The largest absolute Gasteiger partial charge is 0.480 e. The summed E-state index contributed by atoms with van der Waals surface area (Å²) in [6.07, 6.45) is -0.462. The van der Waals surface area contributed by atoms with Gasteiger partial charge in [-0.3, -0.25) is 9.59 Å². The first-order valence-electron chi connectivity index (χ1n) is 8.85. The van der Waals surface area contributed by atoms with E-state index in [0.717, 1.165) is 13.1 Å². The van der Waals surface area contributed by atoms with Gasteiger partial charge < -0.3 is 25.3 Å². The Labute approximate surface area is 153 Å². The van der Waals surface area contributed by atoms with Crippen LogP contribution in [-0.4, -0.2) is 77.8 Å². The Morgan fingerprint density at radius 3 is 2.31 bits per heavy atom. The highest BCUT2D eigenvalue weighted by Crippen LogP contribution is 2.45. The lowest BCUT2D eigenvalue weighted by Gasteiger charge is -2.59. The van der Waals surface area contributed by atoms with Gasteiger partial charge in [0.2, 0.25) is 0 Å². The summed E-state index contributed by atoms with van der Waals surface area (Å²) in [6.45, 7) is 6.21. The second kappa shape index (κ2) is 6.55. The Morgan fingerprint density at radius 1 is 1.15 bits per heavy atom. The third-order valence-corrected chi connectivity index (χ3v) is 5.56. The van der Waals surface area contributed by atoms with Gasteiger partial charge in [0.05, 0.1) is 11.7 Å². The van der Waals surface area contributed by atoms with Gasteiger partial charge in [0.1, 0.15) is 6.54 Å². The highest BCUT2D eigenvalue weighted by molar-refractivity contribution is 6.00. The number of nitrogens with zero attached hydrogens (tertiary/aromatic N) is 2. The Morgan fingerprint density at radius 2 is 1.73 bits per heavy atom. The number of nitrogens with one attached hydrogen (secondary N) is 1.